The largest absolute Gasteiger partial charge is 0.497 e. The van der Waals surface area contributed by atoms with Crippen molar-refractivity contribution < 1.29 is 19.0 Å². The molecule has 0 radical (unpaired) electrons. The van der Waals surface area contributed by atoms with Crippen molar-refractivity contribution in [1.82, 2.24) is 0 Å². The highest BCUT2D eigenvalue weighted by atomic mass is 127. The number of halogens is 1. The van der Waals surface area contributed by atoms with Crippen LogP contribution in [-0.4, -0.2) is 19.6 Å². The van der Waals surface area contributed by atoms with Crippen LogP contribution >= 0.6 is 22.6 Å². The number of nitrogens with zero attached hydrogens (tertiary/aromatic N) is 1. The van der Waals surface area contributed by atoms with Gasteiger partial charge in [0.05, 0.1) is 13.7 Å². The molecule has 1 amide bonds. The number of anilines is 1. The first kappa shape index (κ1) is 24.1. The summed E-state index contributed by atoms with van der Waals surface area (Å²) in [6.45, 7) is 2.74. The highest BCUT2D eigenvalue weighted by Gasteiger charge is 2.12. The number of amides is 1. The molecule has 3 aromatic carbocycles. The number of benzene rings is 3. The molecule has 0 aliphatic carbocycles. The molecule has 0 heterocycles. The number of nitrogens with one attached hydrogen (secondary N) is 1. The first-order chi connectivity index (χ1) is 16.0. The maximum absolute atomic E-state index is 12.6. The Kier molecular flexibility index (Phi) is 8.72. The fourth-order valence-corrected chi connectivity index (χ4v) is 3.29. The van der Waals surface area contributed by atoms with Crippen LogP contribution in [0.25, 0.3) is 6.08 Å². The van der Waals surface area contributed by atoms with Crippen molar-refractivity contribution in [3.05, 3.63) is 87.0 Å². The van der Waals surface area contributed by atoms with E-state index in [4.69, 9.17) is 14.2 Å². The standard InChI is InChI=1S/C26H23IN2O4/c1-3-32-25-15-19(6-13-24(25)33-17-18-4-7-21(27)8-5-18)14-20(16-28)26(30)29-22-9-11-23(31-2)12-10-22/h4-15H,3,17H2,1-2H3,(H,29,30)/b20-14-. The van der Waals surface area contributed by atoms with Gasteiger partial charge in [0.25, 0.3) is 5.91 Å². The van der Waals surface area contributed by atoms with Crippen LogP contribution in [0.1, 0.15) is 18.1 Å². The van der Waals surface area contributed by atoms with Gasteiger partial charge in [-0.2, -0.15) is 5.26 Å². The average molecular weight is 554 g/mol. The third-order valence-corrected chi connectivity index (χ3v) is 5.32. The molecule has 0 bridgehead atoms. The topological polar surface area (TPSA) is 80.6 Å². The SMILES string of the molecule is CCOc1cc(/C=C(/C#N)C(=O)Nc2ccc(OC)cc2)ccc1OCc1ccc(I)cc1. The van der Waals surface area contributed by atoms with Gasteiger partial charge >= 0.3 is 0 Å². The molecule has 0 spiro atoms. The number of carbonyl (C=O) groups excluding carboxylic acids is 1. The van der Waals surface area contributed by atoms with Gasteiger partial charge in [0.15, 0.2) is 11.5 Å². The number of ether oxygens (including phenoxy) is 3. The summed E-state index contributed by atoms with van der Waals surface area (Å²) in [6, 6.07) is 22.2. The van der Waals surface area contributed by atoms with Gasteiger partial charge in [0.2, 0.25) is 0 Å². The van der Waals surface area contributed by atoms with Crippen LogP contribution in [0.5, 0.6) is 17.2 Å². The molecule has 0 aromatic heterocycles. The van der Waals surface area contributed by atoms with Gasteiger partial charge in [-0.3, -0.25) is 4.79 Å². The highest BCUT2D eigenvalue weighted by molar-refractivity contribution is 14.1. The molecule has 33 heavy (non-hydrogen) atoms. The Morgan fingerprint density at radius 1 is 1.03 bits per heavy atom. The van der Waals surface area contributed by atoms with E-state index in [1.165, 1.54) is 6.08 Å². The molecule has 1 N–H and O–H groups in total. The van der Waals surface area contributed by atoms with Gasteiger partial charge in [-0.15, -0.1) is 0 Å². The fraction of sp³-hybridized carbons (Fsp3) is 0.154. The molecule has 3 aromatic rings. The van der Waals surface area contributed by atoms with E-state index < -0.39 is 5.91 Å². The van der Waals surface area contributed by atoms with Crippen molar-refractivity contribution in [3.63, 3.8) is 0 Å². The van der Waals surface area contributed by atoms with Crippen molar-refractivity contribution >= 4 is 40.3 Å². The van der Waals surface area contributed by atoms with Crippen molar-refractivity contribution in [3.8, 4) is 23.3 Å². The molecular formula is C26H23IN2O4. The molecule has 0 aliphatic heterocycles. The van der Waals surface area contributed by atoms with Gasteiger partial charge in [-0.05, 0) is 95.2 Å². The van der Waals surface area contributed by atoms with Crippen LogP contribution < -0.4 is 19.5 Å². The molecule has 0 saturated carbocycles. The Morgan fingerprint density at radius 3 is 2.39 bits per heavy atom. The number of hydrogen-bond acceptors (Lipinski definition) is 5. The van der Waals surface area contributed by atoms with E-state index in [-0.39, 0.29) is 5.57 Å². The summed E-state index contributed by atoms with van der Waals surface area (Å²) in [5.41, 5.74) is 2.24. The number of carbonyl (C=O) groups is 1. The van der Waals surface area contributed by atoms with Crippen molar-refractivity contribution in [2.24, 2.45) is 0 Å². The summed E-state index contributed by atoms with van der Waals surface area (Å²) in [5, 5.41) is 12.2. The number of hydrogen-bond donors (Lipinski definition) is 1. The minimum Gasteiger partial charge on any atom is -0.497 e. The van der Waals surface area contributed by atoms with Crippen molar-refractivity contribution in [2.75, 3.05) is 19.0 Å². The van der Waals surface area contributed by atoms with E-state index in [0.717, 1.165) is 9.13 Å². The maximum Gasteiger partial charge on any atom is 0.266 e. The quantitative estimate of drug-likeness (QED) is 0.205. The second kappa shape index (κ2) is 11.9. The fourth-order valence-electron chi connectivity index (χ4n) is 2.93. The van der Waals surface area contributed by atoms with E-state index in [1.54, 1.807) is 49.6 Å². The molecule has 6 nitrogen and oxygen atoms in total. The van der Waals surface area contributed by atoms with Gasteiger partial charge in [0, 0.05) is 9.26 Å². The summed E-state index contributed by atoms with van der Waals surface area (Å²) in [4.78, 5) is 12.6. The molecular weight excluding hydrogens is 531 g/mol. The lowest BCUT2D eigenvalue weighted by molar-refractivity contribution is -0.112. The van der Waals surface area contributed by atoms with Crippen LogP contribution in [0.3, 0.4) is 0 Å². The Morgan fingerprint density at radius 2 is 1.76 bits per heavy atom. The van der Waals surface area contributed by atoms with Crippen LogP contribution in [0.15, 0.2) is 72.3 Å². The summed E-state index contributed by atoms with van der Waals surface area (Å²) >= 11 is 2.26. The minimum absolute atomic E-state index is 0.0270. The van der Waals surface area contributed by atoms with E-state index in [9.17, 15) is 10.1 Å². The average Bonchev–Trinajstić information content (AvgIpc) is 2.83. The normalized spacial score (nSPS) is 10.8. The molecule has 0 aliphatic rings. The Hall–Kier alpha value is -3.51. The molecule has 0 fully saturated rings. The summed E-state index contributed by atoms with van der Waals surface area (Å²) in [6.07, 6.45) is 1.52. The third-order valence-electron chi connectivity index (χ3n) is 4.60. The molecule has 168 valence electrons. The van der Waals surface area contributed by atoms with E-state index in [1.807, 2.05) is 37.3 Å². The van der Waals surface area contributed by atoms with E-state index in [2.05, 4.69) is 27.9 Å². The Balaban J connectivity index is 1.75. The zero-order valence-electron chi connectivity index (χ0n) is 18.3. The first-order valence-electron chi connectivity index (χ1n) is 10.2. The van der Waals surface area contributed by atoms with Crippen LogP contribution in [-0.2, 0) is 11.4 Å². The zero-order chi connectivity index (χ0) is 23.6. The summed E-state index contributed by atoms with van der Waals surface area (Å²) < 4.78 is 17.9. The number of methoxy groups -OCH3 is 1. The highest BCUT2D eigenvalue weighted by Crippen LogP contribution is 2.30. The molecule has 0 unspecified atom stereocenters. The van der Waals surface area contributed by atoms with Crippen LogP contribution in [0, 0.1) is 14.9 Å². The summed E-state index contributed by atoms with van der Waals surface area (Å²) in [7, 11) is 1.57. The lowest BCUT2D eigenvalue weighted by atomic mass is 10.1. The second-order valence-electron chi connectivity index (χ2n) is 6.91. The Bertz CT molecular complexity index is 1170. The van der Waals surface area contributed by atoms with Crippen LogP contribution in [0.2, 0.25) is 0 Å². The van der Waals surface area contributed by atoms with E-state index >= 15 is 0 Å². The predicted molar refractivity (Wildman–Crippen MR) is 136 cm³/mol. The van der Waals surface area contributed by atoms with Gasteiger partial charge in [-0.1, -0.05) is 18.2 Å². The van der Waals surface area contributed by atoms with Crippen molar-refractivity contribution in [2.45, 2.75) is 13.5 Å². The molecule has 0 saturated heterocycles. The molecule has 7 heteroatoms. The lowest BCUT2D eigenvalue weighted by Crippen LogP contribution is -2.13. The minimum atomic E-state index is -0.500. The summed E-state index contributed by atoms with van der Waals surface area (Å²) in [5.74, 6) is 1.31. The molecule has 0 atom stereocenters. The van der Waals surface area contributed by atoms with Crippen molar-refractivity contribution in [1.29, 1.82) is 5.26 Å². The monoisotopic (exact) mass is 554 g/mol. The smallest absolute Gasteiger partial charge is 0.266 e. The number of nitriles is 1. The van der Waals surface area contributed by atoms with Gasteiger partial charge in [-0.25, -0.2) is 0 Å². The Labute approximate surface area is 206 Å². The van der Waals surface area contributed by atoms with Gasteiger partial charge in [0.1, 0.15) is 24.0 Å². The number of rotatable bonds is 9. The van der Waals surface area contributed by atoms with Gasteiger partial charge < -0.3 is 19.5 Å². The second-order valence-corrected chi connectivity index (χ2v) is 8.15. The molecule has 3 rings (SSSR count). The van der Waals surface area contributed by atoms with Crippen LogP contribution in [0.4, 0.5) is 5.69 Å². The first-order valence-corrected chi connectivity index (χ1v) is 11.3. The van der Waals surface area contributed by atoms with E-state index in [0.29, 0.717) is 41.7 Å². The maximum atomic E-state index is 12.6. The third kappa shape index (κ3) is 6.99. The predicted octanol–water partition coefficient (Wildman–Crippen LogP) is 5.82. The lowest BCUT2D eigenvalue weighted by Gasteiger charge is -2.13. The zero-order valence-corrected chi connectivity index (χ0v) is 20.5.